The molecule has 0 bridgehead atoms. The maximum Gasteiger partial charge on any atom is 0.266 e. The summed E-state index contributed by atoms with van der Waals surface area (Å²) in [6.07, 6.45) is 1.66. The van der Waals surface area contributed by atoms with Crippen molar-refractivity contribution in [3.8, 4) is 11.5 Å². The van der Waals surface area contributed by atoms with Gasteiger partial charge in [-0.25, -0.2) is 9.38 Å². The van der Waals surface area contributed by atoms with Crippen molar-refractivity contribution in [2.75, 3.05) is 13.7 Å². The van der Waals surface area contributed by atoms with Gasteiger partial charge in [-0.3, -0.25) is 9.69 Å². The number of nitrogens with zero attached hydrogens (tertiary/aromatic N) is 2. The van der Waals surface area contributed by atoms with Crippen LogP contribution in [0.25, 0.3) is 6.08 Å². The number of methoxy groups -OCH3 is 1. The van der Waals surface area contributed by atoms with E-state index in [1.165, 1.54) is 31.0 Å². The lowest BCUT2D eigenvalue weighted by molar-refractivity contribution is -0.122. The van der Waals surface area contributed by atoms with E-state index in [4.69, 9.17) is 16.3 Å². The molecule has 27 heavy (non-hydrogen) atoms. The molecule has 2 aromatic carbocycles. The summed E-state index contributed by atoms with van der Waals surface area (Å²) in [6, 6.07) is 8.87. The Morgan fingerprint density at radius 2 is 2.04 bits per heavy atom. The summed E-state index contributed by atoms with van der Waals surface area (Å²) in [7, 11) is 1.42. The van der Waals surface area contributed by atoms with E-state index in [-0.39, 0.29) is 28.2 Å². The number of rotatable bonds is 4. The van der Waals surface area contributed by atoms with Gasteiger partial charge in [-0.1, -0.05) is 11.6 Å². The van der Waals surface area contributed by atoms with Gasteiger partial charge >= 0.3 is 0 Å². The zero-order valence-electron chi connectivity index (χ0n) is 14.6. The molecule has 0 aliphatic carbocycles. The zero-order chi connectivity index (χ0) is 19.6. The Balaban J connectivity index is 1.96. The molecule has 5 nitrogen and oxygen atoms in total. The number of phenols is 1. The maximum absolute atomic E-state index is 13.1. The molecule has 2 aromatic rings. The lowest BCUT2D eigenvalue weighted by Gasteiger charge is -2.12. The van der Waals surface area contributed by atoms with E-state index >= 15 is 0 Å². The van der Waals surface area contributed by atoms with Gasteiger partial charge in [0.15, 0.2) is 16.7 Å². The van der Waals surface area contributed by atoms with Crippen LogP contribution in [0.5, 0.6) is 11.5 Å². The van der Waals surface area contributed by atoms with E-state index < -0.39 is 0 Å². The first-order chi connectivity index (χ1) is 12.9. The number of hydrogen-bond donors (Lipinski definition) is 1. The Morgan fingerprint density at radius 3 is 2.67 bits per heavy atom. The summed E-state index contributed by atoms with van der Waals surface area (Å²) in [4.78, 5) is 19.1. The third kappa shape index (κ3) is 4.09. The van der Waals surface area contributed by atoms with E-state index in [0.717, 1.165) is 0 Å². The van der Waals surface area contributed by atoms with Crippen LogP contribution < -0.4 is 4.74 Å². The van der Waals surface area contributed by atoms with E-state index in [0.29, 0.717) is 27.9 Å². The van der Waals surface area contributed by atoms with Crippen LogP contribution in [0, 0.1) is 5.82 Å². The predicted octanol–water partition coefficient (Wildman–Crippen LogP) is 4.82. The maximum atomic E-state index is 13.1. The average Bonchev–Trinajstić information content (AvgIpc) is 2.94. The van der Waals surface area contributed by atoms with Gasteiger partial charge in [0.25, 0.3) is 5.91 Å². The third-order valence-electron chi connectivity index (χ3n) is 3.82. The third-order valence-corrected chi connectivity index (χ3v) is 5.12. The Morgan fingerprint density at radius 1 is 1.33 bits per heavy atom. The fraction of sp³-hybridized carbons (Fsp3) is 0.158. The smallest absolute Gasteiger partial charge is 0.266 e. The largest absolute Gasteiger partial charge is 0.503 e. The summed E-state index contributed by atoms with van der Waals surface area (Å²) in [5.74, 6) is -0.468. The molecule has 0 radical (unpaired) electrons. The highest BCUT2D eigenvalue weighted by atomic mass is 35.5. The van der Waals surface area contributed by atoms with Crippen LogP contribution in [0.15, 0.2) is 46.3 Å². The molecule has 0 spiro atoms. The second-order valence-electron chi connectivity index (χ2n) is 5.58. The highest BCUT2D eigenvalue weighted by Crippen LogP contribution is 2.38. The van der Waals surface area contributed by atoms with Crippen molar-refractivity contribution >= 4 is 46.2 Å². The highest BCUT2D eigenvalue weighted by Gasteiger charge is 2.32. The number of aromatic hydroxyl groups is 1. The Bertz CT molecular complexity index is 945. The minimum atomic E-state index is -0.347. The van der Waals surface area contributed by atoms with Crippen LogP contribution >= 0.6 is 23.4 Å². The van der Waals surface area contributed by atoms with Crippen LogP contribution in [-0.2, 0) is 4.79 Å². The van der Waals surface area contributed by atoms with Crippen molar-refractivity contribution in [1.82, 2.24) is 4.90 Å². The van der Waals surface area contributed by atoms with Gasteiger partial charge in [0.1, 0.15) is 5.82 Å². The molecule has 0 unspecified atom stereocenters. The molecule has 0 aromatic heterocycles. The summed E-state index contributed by atoms with van der Waals surface area (Å²) in [5.41, 5.74) is 1.17. The van der Waals surface area contributed by atoms with Gasteiger partial charge in [-0.2, -0.15) is 0 Å². The number of ether oxygens (including phenoxy) is 1. The molecule has 1 N–H and O–H groups in total. The number of amides is 1. The fourth-order valence-electron chi connectivity index (χ4n) is 2.48. The van der Waals surface area contributed by atoms with Crippen molar-refractivity contribution in [1.29, 1.82) is 0 Å². The molecule has 1 aliphatic heterocycles. The van der Waals surface area contributed by atoms with Crippen molar-refractivity contribution in [3.63, 3.8) is 0 Å². The second kappa shape index (κ2) is 8.02. The molecule has 1 fully saturated rings. The topological polar surface area (TPSA) is 62.1 Å². The quantitative estimate of drug-likeness (QED) is 0.739. The number of phenolic OH excluding ortho intramolecular Hbond substituents is 1. The molecule has 0 saturated carbocycles. The summed E-state index contributed by atoms with van der Waals surface area (Å²) < 4.78 is 18.2. The molecule has 1 aliphatic rings. The van der Waals surface area contributed by atoms with Gasteiger partial charge in [0.2, 0.25) is 0 Å². The number of benzene rings is 2. The van der Waals surface area contributed by atoms with Crippen molar-refractivity contribution in [2.45, 2.75) is 6.92 Å². The van der Waals surface area contributed by atoms with Crippen LogP contribution in [0.3, 0.4) is 0 Å². The minimum Gasteiger partial charge on any atom is -0.503 e. The molecule has 0 atom stereocenters. The first-order valence-electron chi connectivity index (χ1n) is 8.05. The molecule has 1 saturated heterocycles. The molecular weight excluding hydrogens is 391 g/mol. The standard InChI is InChI=1S/C19H16ClFN2O3S/c1-3-23-18(25)16(10-11-8-14(20)17(24)15(9-11)26-2)27-19(23)22-13-6-4-12(21)5-7-13/h4-10,24H,3H2,1-2H3/b16-10+,22-19?. The van der Waals surface area contributed by atoms with Gasteiger partial charge in [0, 0.05) is 6.54 Å². The number of thioether (sulfide) groups is 1. The van der Waals surface area contributed by atoms with Crippen LogP contribution in [0.2, 0.25) is 5.02 Å². The van der Waals surface area contributed by atoms with Gasteiger partial charge in [-0.05, 0) is 66.7 Å². The number of aliphatic imine (C=N–C) groups is 1. The number of hydrogen-bond acceptors (Lipinski definition) is 5. The summed E-state index contributed by atoms with van der Waals surface area (Å²) >= 11 is 7.22. The highest BCUT2D eigenvalue weighted by molar-refractivity contribution is 8.18. The number of amidine groups is 1. The van der Waals surface area contributed by atoms with Crippen LogP contribution in [-0.4, -0.2) is 34.7 Å². The number of halogens is 2. The van der Waals surface area contributed by atoms with E-state index in [1.54, 1.807) is 35.2 Å². The van der Waals surface area contributed by atoms with Crippen LogP contribution in [0.4, 0.5) is 10.1 Å². The number of carbonyl (C=O) groups excluding carboxylic acids is 1. The molecule has 8 heteroatoms. The molecule has 3 rings (SSSR count). The van der Waals surface area contributed by atoms with Crippen molar-refractivity contribution in [3.05, 3.63) is 57.7 Å². The van der Waals surface area contributed by atoms with Crippen LogP contribution in [0.1, 0.15) is 12.5 Å². The average molecular weight is 407 g/mol. The monoisotopic (exact) mass is 406 g/mol. The number of carbonyl (C=O) groups is 1. The van der Waals surface area contributed by atoms with Gasteiger partial charge < -0.3 is 9.84 Å². The molecule has 1 amide bonds. The van der Waals surface area contributed by atoms with Crippen molar-refractivity contribution in [2.24, 2.45) is 4.99 Å². The molecule has 140 valence electrons. The van der Waals surface area contributed by atoms with Gasteiger partial charge in [0.05, 0.1) is 22.7 Å². The Hall–Kier alpha value is -2.51. The lowest BCUT2D eigenvalue weighted by atomic mass is 10.2. The first-order valence-corrected chi connectivity index (χ1v) is 9.24. The molecular formula is C19H16ClFN2O3S. The van der Waals surface area contributed by atoms with E-state index in [2.05, 4.69) is 4.99 Å². The van der Waals surface area contributed by atoms with Crippen molar-refractivity contribution < 1.29 is 19.0 Å². The minimum absolute atomic E-state index is 0.129. The normalized spacial score (nSPS) is 17.2. The SMILES string of the molecule is CCN1C(=O)/C(=C\c2cc(Cl)c(O)c(OC)c2)SC1=Nc1ccc(F)cc1. The second-order valence-corrected chi connectivity index (χ2v) is 7.00. The summed E-state index contributed by atoms with van der Waals surface area (Å²) in [6.45, 7) is 2.30. The Kier molecular flexibility index (Phi) is 5.72. The first kappa shape index (κ1) is 19.3. The molecule has 1 heterocycles. The van der Waals surface area contributed by atoms with E-state index in [1.807, 2.05) is 6.92 Å². The lowest BCUT2D eigenvalue weighted by Crippen LogP contribution is -2.28. The Labute approximate surface area is 165 Å². The fourth-order valence-corrected chi connectivity index (χ4v) is 3.76. The number of likely N-dealkylation sites (N-methyl/N-ethyl adjacent to an activating group) is 1. The summed E-state index contributed by atoms with van der Waals surface area (Å²) in [5, 5.41) is 10.5. The van der Waals surface area contributed by atoms with Gasteiger partial charge in [-0.15, -0.1) is 0 Å². The zero-order valence-corrected chi connectivity index (χ0v) is 16.1. The van der Waals surface area contributed by atoms with E-state index in [9.17, 15) is 14.3 Å². The predicted molar refractivity (Wildman–Crippen MR) is 106 cm³/mol.